The number of aliphatic hydroxyl groups excluding tert-OH is 1. The Labute approximate surface area is 112 Å². The topological polar surface area (TPSA) is 78.4 Å². The summed E-state index contributed by atoms with van der Waals surface area (Å²) in [4.78, 5) is 23.0. The first-order valence-corrected chi connectivity index (χ1v) is 6.43. The first kappa shape index (κ1) is 13.5. The molecule has 0 saturated carbocycles. The van der Waals surface area contributed by atoms with Gasteiger partial charge in [0.15, 0.2) is 0 Å². The van der Waals surface area contributed by atoms with Gasteiger partial charge in [0.2, 0.25) is 11.8 Å². The molecule has 2 atom stereocenters. The van der Waals surface area contributed by atoms with Gasteiger partial charge in [0.25, 0.3) is 0 Å². The number of benzene rings is 1. The molecule has 2 rings (SSSR count). The van der Waals surface area contributed by atoms with Crippen molar-refractivity contribution in [1.29, 1.82) is 0 Å². The maximum absolute atomic E-state index is 11.9. The van der Waals surface area contributed by atoms with E-state index in [-0.39, 0.29) is 24.5 Å². The van der Waals surface area contributed by atoms with Gasteiger partial charge in [0.05, 0.1) is 12.6 Å². The summed E-state index contributed by atoms with van der Waals surface area (Å²) in [6.45, 7) is -0.124. The van der Waals surface area contributed by atoms with Gasteiger partial charge in [-0.05, 0) is 18.4 Å². The Kier molecular flexibility index (Phi) is 4.52. The van der Waals surface area contributed by atoms with Gasteiger partial charge >= 0.3 is 0 Å². The van der Waals surface area contributed by atoms with Crippen molar-refractivity contribution in [3.05, 3.63) is 35.9 Å². The summed E-state index contributed by atoms with van der Waals surface area (Å²) in [5.74, 6) is -0.315. The molecule has 0 unspecified atom stereocenters. The summed E-state index contributed by atoms with van der Waals surface area (Å²) in [5.41, 5.74) is 1.05. The standard InChI is InChI=1S/C14H18N2O3/c17-9-11(8-10-4-2-1-3-5-10)15-14(19)12-6-7-13(18)16-12/h1-5,11-12,17H,6-9H2,(H,15,19)(H,16,18)/t11-,12+/m0/s1. The van der Waals surface area contributed by atoms with Gasteiger partial charge in [-0.3, -0.25) is 9.59 Å². The van der Waals surface area contributed by atoms with E-state index in [1.807, 2.05) is 30.3 Å². The monoisotopic (exact) mass is 262 g/mol. The Morgan fingerprint density at radius 1 is 1.42 bits per heavy atom. The molecule has 19 heavy (non-hydrogen) atoms. The van der Waals surface area contributed by atoms with Crippen LogP contribution in [-0.4, -0.2) is 35.6 Å². The predicted octanol–water partition coefficient (Wildman–Crippen LogP) is -0.0152. The van der Waals surface area contributed by atoms with Crippen LogP contribution >= 0.6 is 0 Å². The fourth-order valence-electron chi connectivity index (χ4n) is 2.17. The van der Waals surface area contributed by atoms with Crippen molar-refractivity contribution in [2.24, 2.45) is 0 Å². The van der Waals surface area contributed by atoms with E-state index < -0.39 is 6.04 Å². The fraction of sp³-hybridized carbons (Fsp3) is 0.429. The average molecular weight is 262 g/mol. The normalized spacial score (nSPS) is 19.8. The highest BCUT2D eigenvalue weighted by Crippen LogP contribution is 2.08. The highest BCUT2D eigenvalue weighted by Gasteiger charge is 2.28. The third kappa shape index (κ3) is 3.79. The Morgan fingerprint density at radius 2 is 2.16 bits per heavy atom. The molecule has 3 N–H and O–H groups in total. The molecule has 1 aliphatic heterocycles. The summed E-state index contributed by atoms with van der Waals surface area (Å²) in [6, 6.07) is 8.87. The third-order valence-corrected chi connectivity index (χ3v) is 3.20. The van der Waals surface area contributed by atoms with Crippen LogP contribution in [0.3, 0.4) is 0 Å². The lowest BCUT2D eigenvalue weighted by Crippen LogP contribution is -2.47. The molecule has 1 aliphatic rings. The van der Waals surface area contributed by atoms with Crippen LogP contribution in [-0.2, 0) is 16.0 Å². The molecular formula is C14H18N2O3. The van der Waals surface area contributed by atoms with Crippen LogP contribution in [0.25, 0.3) is 0 Å². The van der Waals surface area contributed by atoms with Gasteiger partial charge in [-0.1, -0.05) is 30.3 Å². The molecular weight excluding hydrogens is 244 g/mol. The molecule has 0 aromatic heterocycles. The van der Waals surface area contributed by atoms with E-state index >= 15 is 0 Å². The number of hydrogen-bond acceptors (Lipinski definition) is 3. The SMILES string of the molecule is O=C1CC[C@H](C(=O)N[C@H](CO)Cc2ccccc2)N1. The lowest BCUT2D eigenvalue weighted by molar-refractivity contribution is -0.126. The number of carbonyl (C=O) groups is 2. The predicted molar refractivity (Wildman–Crippen MR) is 70.3 cm³/mol. The Morgan fingerprint density at radius 3 is 2.74 bits per heavy atom. The van der Waals surface area contributed by atoms with Crippen LogP contribution in [0.5, 0.6) is 0 Å². The number of rotatable bonds is 5. The van der Waals surface area contributed by atoms with Gasteiger partial charge in [-0.15, -0.1) is 0 Å². The van der Waals surface area contributed by atoms with Crippen molar-refractivity contribution in [3.8, 4) is 0 Å². The Hall–Kier alpha value is -1.88. The zero-order valence-electron chi connectivity index (χ0n) is 10.6. The van der Waals surface area contributed by atoms with Gasteiger partial charge in [0.1, 0.15) is 6.04 Å². The maximum Gasteiger partial charge on any atom is 0.242 e. The molecule has 2 amide bonds. The highest BCUT2D eigenvalue weighted by molar-refractivity contribution is 5.90. The van der Waals surface area contributed by atoms with Gasteiger partial charge in [-0.25, -0.2) is 0 Å². The molecule has 5 nitrogen and oxygen atoms in total. The average Bonchev–Trinajstić information content (AvgIpc) is 2.86. The smallest absolute Gasteiger partial charge is 0.242 e. The zero-order chi connectivity index (χ0) is 13.7. The molecule has 1 heterocycles. The minimum absolute atomic E-state index is 0.0937. The lowest BCUT2D eigenvalue weighted by Gasteiger charge is -2.19. The van der Waals surface area contributed by atoms with E-state index in [9.17, 15) is 14.7 Å². The number of aliphatic hydroxyl groups is 1. The molecule has 1 saturated heterocycles. The maximum atomic E-state index is 11.9. The highest BCUT2D eigenvalue weighted by atomic mass is 16.3. The van der Waals surface area contributed by atoms with E-state index in [2.05, 4.69) is 10.6 Å². The van der Waals surface area contributed by atoms with E-state index in [1.165, 1.54) is 0 Å². The van der Waals surface area contributed by atoms with Crippen LogP contribution in [0.2, 0.25) is 0 Å². The fourth-order valence-corrected chi connectivity index (χ4v) is 2.17. The number of nitrogens with one attached hydrogen (secondary N) is 2. The Bertz CT molecular complexity index is 447. The second kappa shape index (κ2) is 6.33. The van der Waals surface area contributed by atoms with Gasteiger partial charge < -0.3 is 15.7 Å². The van der Waals surface area contributed by atoms with E-state index in [1.54, 1.807) is 0 Å². The molecule has 1 fully saturated rings. The zero-order valence-corrected chi connectivity index (χ0v) is 10.6. The van der Waals surface area contributed by atoms with Crippen molar-refractivity contribution >= 4 is 11.8 Å². The van der Waals surface area contributed by atoms with Gasteiger partial charge in [0, 0.05) is 6.42 Å². The van der Waals surface area contributed by atoms with Crippen LogP contribution in [0.15, 0.2) is 30.3 Å². The van der Waals surface area contributed by atoms with Crippen LogP contribution in [0.4, 0.5) is 0 Å². The molecule has 0 spiro atoms. The van der Waals surface area contributed by atoms with Crippen molar-refractivity contribution in [1.82, 2.24) is 10.6 Å². The molecule has 0 radical (unpaired) electrons. The molecule has 1 aromatic carbocycles. The first-order valence-electron chi connectivity index (χ1n) is 6.43. The summed E-state index contributed by atoms with van der Waals surface area (Å²) < 4.78 is 0. The largest absolute Gasteiger partial charge is 0.394 e. The minimum Gasteiger partial charge on any atom is -0.394 e. The summed E-state index contributed by atoms with van der Waals surface area (Å²) in [7, 11) is 0. The second-order valence-corrected chi connectivity index (χ2v) is 4.74. The van der Waals surface area contributed by atoms with Gasteiger partial charge in [-0.2, -0.15) is 0 Å². The first-order chi connectivity index (χ1) is 9.19. The minimum atomic E-state index is -0.461. The van der Waals surface area contributed by atoms with Crippen molar-refractivity contribution < 1.29 is 14.7 Å². The van der Waals surface area contributed by atoms with Crippen LogP contribution in [0, 0.1) is 0 Å². The number of hydrogen-bond donors (Lipinski definition) is 3. The van der Waals surface area contributed by atoms with E-state index in [0.717, 1.165) is 5.56 Å². The summed E-state index contributed by atoms with van der Waals surface area (Å²) in [5, 5.41) is 14.7. The van der Waals surface area contributed by atoms with E-state index in [4.69, 9.17) is 0 Å². The van der Waals surface area contributed by atoms with Crippen molar-refractivity contribution in [2.75, 3.05) is 6.61 Å². The van der Waals surface area contributed by atoms with Crippen LogP contribution < -0.4 is 10.6 Å². The second-order valence-electron chi connectivity index (χ2n) is 4.74. The molecule has 0 aliphatic carbocycles. The van der Waals surface area contributed by atoms with Crippen molar-refractivity contribution in [3.63, 3.8) is 0 Å². The quantitative estimate of drug-likeness (QED) is 0.698. The van der Waals surface area contributed by atoms with Crippen LogP contribution in [0.1, 0.15) is 18.4 Å². The van der Waals surface area contributed by atoms with Crippen molar-refractivity contribution in [2.45, 2.75) is 31.3 Å². The Balaban J connectivity index is 1.88. The number of amides is 2. The molecule has 102 valence electrons. The number of carbonyl (C=O) groups excluding carboxylic acids is 2. The lowest BCUT2D eigenvalue weighted by atomic mass is 10.1. The van der Waals surface area contributed by atoms with E-state index in [0.29, 0.717) is 19.3 Å². The summed E-state index contributed by atoms with van der Waals surface area (Å²) in [6.07, 6.45) is 1.48. The molecule has 0 bridgehead atoms. The molecule has 1 aromatic rings. The third-order valence-electron chi connectivity index (χ3n) is 3.20. The molecule has 5 heteroatoms. The summed E-state index contributed by atoms with van der Waals surface area (Å²) >= 11 is 0.